The first-order chi connectivity index (χ1) is 17.0. The predicted molar refractivity (Wildman–Crippen MR) is 136 cm³/mol. The highest BCUT2D eigenvalue weighted by Gasteiger charge is 2.27. The summed E-state index contributed by atoms with van der Waals surface area (Å²) in [5.41, 5.74) is 4.54. The molecule has 0 aromatic heterocycles. The number of phenolic OH excluding ortho intramolecular Hbond substituents is 2. The number of aliphatic hydroxyl groups is 1. The van der Waals surface area contributed by atoms with Crippen LogP contribution in [0, 0.1) is 0 Å². The van der Waals surface area contributed by atoms with E-state index in [1.807, 2.05) is 13.8 Å². The second-order valence-corrected chi connectivity index (χ2v) is 9.94. The van der Waals surface area contributed by atoms with Crippen molar-refractivity contribution in [3.05, 3.63) is 58.1 Å². The van der Waals surface area contributed by atoms with Gasteiger partial charge in [0.1, 0.15) is 17.6 Å². The van der Waals surface area contributed by atoms with Crippen LogP contribution in [0.1, 0.15) is 59.3 Å². The van der Waals surface area contributed by atoms with E-state index in [1.165, 1.54) is 24.1 Å². The number of benzene rings is 2. The number of carbonyl (C=O) groups excluding carboxylic acids is 1. The zero-order chi connectivity index (χ0) is 26.6. The molecule has 0 bridgehead atoms. The Balaban J connectivity index is 0.000000538. The Kier molecular flexibility index (Phi) is 8.94. The molecule has 2 aromatic rings. The van der Waals surface area contributed by atoms with Crippen LogP contribution in [0.4, 0.5) is 0 Å². The number of aliphatic carboxylic acids is 1. The Labute approximate surface area is 212 Å². The number of rotatable bonds is 5. The van der Waals surface area contributed by atoms with Gasteiger partial charge in [-0.1, -0.05) is 32.0 Å². The molecule has 9 nitrogen and oxygen atoms in total. The van der Waals surface area contributed by atoms with Gasteiger partial charge < -0.3 is 30.2 Å². The molecule has 1 saturated heterocycles. The molecule has 0 unspecified atom stereocenters. The monoisotopic (exact) mass is 499 g/mol. The van der Waals surface area contributed by atoms with E-state index in [0.29, 0.717) is 18.7 Å². The molecule has 9 heteroatoms. The Hall–Kier alpha value is -3.14. The highest BCUT2D eigenvalue weighted by Crippen LogP contribution is 2.34. The van der Waals surface area contributed by atoms with Crippen LogP contribution in [0.5, 0.6) is 11.5 Å². The smallest absolute Gasteiger partial charge is 0.332 e. The highest BCUT2D eigenvalue weighted by molar-refractivity contribution is 5.97. The maximum absolute atomic E-state index is 13.1. The fourth-order valence-corrected chi connectivity index (χ4v) is 4.35. The summed E-state index contributed by atoms with van der Waals surface area (Å²) >= 11 is 0. The quantitative estimate of drug-likeness (QED) is 0.495. The van der Waals surface area contributed by atoms with Crippen molar-refractivity contribution in [3.8, 4) is 11.5 Å². The van der Waals surface area contributed by atoms with Gasteiger partial charge in [-0.25, -0.2) is 4.79 Å². The minimum atomic E-state index is -1.23. The molecule has 2 aromatic carbocycles. The second kappa shape index (κ2) is 11.7. The second-order valence-electron chi connectivity index (χ2n) is 9.94. The summed E-state index contributed by atoms with van der Waals surface area (Å²) in [5, 5.41) is 36.1. The number of carboxylic acids is 1. The Bertz CT molecular complexity index is 1090. The van der Waals surface area contributed by atoms with E-state index < -0.39 is 12.1 Å². The SMILES string of the molecule is CC(C)c1cc(C(=O)N2Cc3ccc(CN4CCN(C)CC4)cc3C2)c(O)cc1O.C[C@H](O)C(=O)O. The van der Waals surface area contributed by atoms with Gasteiger partial charge in [-0.05, 0) is 48.2 Å². The summed E-state index contributed by atoms with van der Waals surface area (Å²) in [7, 11) is 2.16. The lowest BCUT2D eigenvalue weighted by atomic mass is 9.98. The number of carbonyl (C=O) groups is 2. The molecule has 2 aliphatic heterocycles. The summed E-state index contributed by atoms with van der Waals surface area (Å²) in [5.74, 6) is -1.47. The van der Waals surface area contributed by atoms with E-state index in [0.717, 1.165) is 38.3 Å². The minimum Gasteiger partial charge on any atom is -0.508 e. The van der Waals surface area contributed by atoms with Crippen molar-refractivity contribution in [2.24, 2.45) is 0 Å². The molecule has 0 aliphatic carbocycles. The van der Waals surface area contributed by atoms with Crippen LogP contribution in [0.2, 0.25) is 0 Å². The molecular formula is C27H37N3O6. The van der Waals surface area contributed by atoms with Crippen LogP contribution in [-0.2, 0) is 24.4 Å². The largest absolute Gasteiger partial charge is 0.508 e. The van der Waals surface area contributed by atoms with E-state index in [2.05, 4.69) is 35.0 Å². The zero-order valence-corrected chi connectivity index (χ0v) is 21.4. The van der Waals surface area contributed by atoms with Crippen LogP contribution in [0.3, 0.4) is 0 Å². The lowest BCUT2D eigenvalue weighted by Gasteiger charge is -2.32. The molecule has 1 atom stereocenters. The zero-order valence-electron chi connectivity index (χ0n) is 21.4. The van der Waals surface area contributed by atoms with Crippen molar-refractivity contribution < 1.29 is 30.0 Å². The number of amides is 1. The molecule has 196 valence electrons. The molecular weight excluding hydrogens is 462 g/mol. The molecule has 4 rings (SSSR count). The number of fused-ring (bicyclic) bond motifs is 1. The van der Waals surface area contributed by atoms with Crippen LogP contribution >= 0.6 is 0 Å². The summed E-state index contributed by atoms with van der Waals surface area (Å²) in [6.45, 7) is 11.5. The summed E-state index contributed by atoms with van der Waals surface area (Å²) in [6, 6.07) is 9.42. The Morgan fingerprint density at radius 1 is 0.917 bits per heavy atom. The number of hydrogen-bond donors (Lipinski definition) is 4. The summed E-state index contributed by atoms with van der Waals surface area (Å²) in [6.07, 6.45) is -1.23. The molecule has 0 spiro atoms. The molecule has 0 radical (unpaired) electrons. The first-order valence-corrected chi connectivity index (χ1v) is 12.2. The van der Waals surface area contributed by atoms with E-state index in [4.69, 9.17) is 10.2 Å². The third kappa shape index (κ3) is 6.75. The van der Waals surface area contributed by atoms with Gasteiger partial charge in [0.2, 0.25) is 0 Å². The van der Waals surface area contributed by atoms with E-state index in [1.54, 1.807) is 11.0 Å². The summed E-state index contributed by atoms with van der Waals surface area (Å²) in [4.78, 5) is 29.2. The molecule has 2 heterocycles. The van der Waals surface area contributed by atoms with Gasteiger partial charge in [0.05, 0.1) is 5.56 Å². The number of nitrogens with zero attached hydrogens (tertiary/aromatic N) is 3. The maximum atomic E-state index is 13.1. The Morgan fingerprint density at radius 3 is 2.11 bits per heavy atom. The van der Waals surface area contributed by atoms with Gasteiger partial charge >= 0.3 is 5.97 Å². The van der Waals surface area contributed by atoms with Crippen molar-refractivity contribution >= 4 is 11.9 Å². The van der Waals surface area contributed by atoms with E-state index in [9.17, 15) is 19.8 Å². The van der Waals surface area contributed by atoms with Gasteiger partial charge in [-0.2, -0.15) is 0 Å². The number of hydrogen-bond acceptors (Lipinski definition) is 7. The lowest BCUT2D eigenvalue weighted by Crippen LogP contribution is -2.43. The minimum absolute atomic E-state index is 0.0253. The average molecular weight is 500 g/mol. The number of aromatic hydroxyl groups is 2. The predicted octanol–water partition coefficient (Wildman–Crippen LogP) is 2.58. The fourth-order valence-electron chi connectivity index (χ4n) is 4.35. The maximum Gasteiger partial charge on any atom is 0.332 e. The third-order valence-electron chi connectivity index (χ3n) is 6.64. The van der Waals surface area contributed by atoms with Gasteiger partial charge in [0.25, 0.3) is 5.91 Å². The molecule has 1 amide bonds. The standard InChI is InChI=1S/C24H31N3O3.C3H6O3/c1-16(2)20-11-21(23(29)12-22(20)28)24(30)27-14-18-5-4-17(10-19(18)15-27)13-26-8-6-25(3)7-9-26;1-2(4)3(5)6/h4-5,10-12,16,28-29H,6-9,13-15H2,1-3H3;2,4H,1H3,(H,5,6)/t;2-/m.0/s1. The first kappa shape index (κ1) is 27.4. The molecule has 4 N–H and O–H groups in total. The van der Waals surface area contributed by atoms with Crippen molar-refractivity contribution in [1.82, 2.24) is 14.7 Å². The molecule has 2 aliphatic rings. The van der Waals surface area contributed by atoms with Crippen molar-refractivity contribution in [2.45, 2.75) is 52.4 Å². The fraction of sp³-hybridized carbons (Fsp3) is 0.481. The first-order valence-electron chi connectivity index (χ1n) is 12.2. The number of aliphatic hydroxyl groups excluding tert-OH is 1. The van der Waals surface area contributed by atoms with Crippen molar-refractivity contribution in [3.63, 3.8) is 0 Å². The van der Waals surface area contributed by atoms with Gasteiger partial charge in [0.15, 0.2) is 0 Å². The lowest BCUT2D eigenvalue weighted by molar-refractivity contribution is -0.145. The van der Waals surface area contributed by atoms with Crippen LogP contribution in [-0.4, -0.2) is 86.3 Å². The molecule has 1 fully saturated rings. The number of likely N-dealkylation sites (N-methyl/N-ethyl adjacent to an activating group) is 1. The van der Waals surface area contributed by atoms with Crippen molar-refractivity contribution in [1.29, 1.82) is 0 Å². The third-order valence-corrected chi connectivity index (χ3v) is 6.64. The number of carboxylic acid groups (broad SMARTS) is 1. The average Bonchev–Trinajstić information content (AvgIpc) is 3.24. The normalized spacial score (nSPS) is 16.9. The molecule has 36 heavy (non-hydrogen) atoms. The van der Waals surface area contributed by atoms with Crippen molar-refractivity contribution in [2.75, 3.05) is 33.2 Å². The van der Waals surface area contributed by atoms with Gasteiger partial charge in [0, 0.05) is 51.9 Å². The molecule has 0 saturated carbocycles. The van der Waals surface area contributed by atoms with Gasteiger partial charge in [-0.15, -0.1) is 0 Å². The van der Waals surface area contributed by atoms with Crippen LogP contribution in [0.15, 0.2) is 30.3 Å². The topological polar surface area (TPSA) is 125 Å². The van der Waals surface area contributed by atoms with Crippen LogP contribution in [0.25, 0.3) is 0 Å². The van der Waals surface area contributed by atoms with E-state index >= 15 is 0 Å². The number of phenols is 2. The highest BCUT2D eigenvalue weighted by atomic mass is 16.4. The van der Waals surface area contributed by atoms with Gasteiger partial charge in [-0.3, -0.25) is 9.69 Å². The van der Waals surface area contributed by atoms with Crippen LogP contribution < -0.4 is 0 Å². The number of piperazine rings is 1. The Morgan fingerprint density at radius 2 is 1.53 bits per heavy atom. The van der Waals surface area contributed by atoms with E-state index in [-0.39, 0.29) is 28.9 Å². The summed E-state index contributed by atoms with van der Waals surface area (Å²) < 4.78 is 0.